The van der Waals surface area contributed by atoms with Crippen LogP contribution in [0.15, 0.2) is 42.5 Å². The third-order valence-corrected chi connectivity index (χ3v) is 6.54. The van der Waals surface area contributed by atoms with E-state index >= 15 is 0 Å². The van der Waals surface area contributed by atoms with Crippen LogP contribution in [-0.2, 0) is 21.5 Å². The van der Waals surface area contributed by atoms with Gasteiger partial charge in [0, 0.05) is 36.1 Å². The molecule has 2 aromatic carbocycles. The van der Waals surface area contributed by atoms with Gasteiger partial charge in [0.15, 0.2) is 0 Å². The molecule has 0 N–H and O–H groups in total. The number of rotatable bonds is 6. The first kappa shape index (κ1) is 21.7. The Balaban J connectivity index is 1.43. The quantitative estimate of drug-likeness (QED) is 0.467. The number of fused-ring (bicyclic) bond motifs is 2. The highest BCUT2D eigenvalue weighted by molar-refractivity contribution is 5.69. The number of esters is 1. The molecule has 1 aliphatic carbocycles. The van der Waals surface area contributed by atoms with Crippen LogP contribution in [-0.4, -0.2) is 30.6 Å². The number of ether oxygens (including phenoxy) is 1. The summed E-state index contributed by atoms with van der Waals surface area (Å²) in [6, 6.07) is 15.3. The Morgan fingerprint density at radius 1 is 1.10 bits per heavy atom. The molecule has 0 bridgehead atoms. The van der Waals surface area contributed by atoms with Crippen LogP contribution in [0.5, 0.6) is 0 Å². The summed E-state index contributed by atoms with van der Waals surface area (Å²) < 4.78 is 5.05. The molecule has 1 heterocycles. The van der Waals surface area contributed by atoms with Crippen molar-refractivity contribution in [2.75, 3.05) is 19.7 Å². The van der Waals surface area contributed by atoms with E-state index in [1.54, 1.807) is 0 Å². The summed E-state index contributed by atoms with van der Waals surface area (Å²) in [4.78, 5) is 14.1. The Hall–Kier alpha value is -2.57. The summed E-state index contributed by atoms with van der Waals surface area (Å²) in [7, 11) is 0. The van der Waals surface area contributed by atoms with Crippen LogP contribution in [0.3, 0.4) is 0 Å². The van der Waals surface area contributed by atoms with Gasteiger partial charge in [-0.15, -0.1) is 0 Å². The maximum absolute atomic E-state index is 11.6. The van der Waals surface area contributed by atoms with Crippen LogP contribution in [0, 0.1) is 11.8 Å². The van der Waals surface area contributed by atoms with E-state index < -0.39 is 0 Å². The Kier molecular flexibility index (Phi) is 6.49. The van der Waals surface area contributed by atoms with E-state index in [4.69, 9.17) is 4.74 Å². The predicted molar refractivity (Wildman–Crippen MR) is 125 cm³/mol. The van der Waals surface area contributed by atoms with Crippen molar-refractivity contribution in [2.24, 2.45) is 0 Å². The second-order valence-electron chi connectivity index (χ2n) is 9.30. The lowest BCUT2D eigenvalue weighted by atomic mass is 9.85. The first-order valence-corrected chi connectivity index (χ1v) is 11.6. The van der Waals surface area contributed by atoms with Gasteiger partial charge in [-0.1, -0.05) is 43.9 Å². The minimum atomic E-state index is -0.0805. The average Bonchev–Trinajstić information content (AvgIpc) is 3.53. The van der Waals surface area contributed by atoms with Gasteiger partial charge >= 0.3 is 5.97 Å². The first-order chi connectivity index (χ1) is 15.0. The summed E-state index contributed by atoms with van der Waals surface area (Å²) in [5, 5.41) is 0. The van der Waals surface area contributed by atoms with Gasteiger partial charge in [0.2, 0.25) is 0 Å². The topological polar surface area (TPSA) is 29.5 Å². The summed E-state index contributed by atoms with van der Waals surface area (Å²) in [6.07, 6.45) is 3.88. The molecule has 1 fully saturated rings. The molecule has 4 rings (SSSR count). The van der Waals surface area contributed by atoms with Gasteiger partial charge in [0.25, 0.3) is 0 Å². The molecule has 1 aliphatic heterocycles. The third kappa shape index (κ3) is 5.20. The number of nitrogens with zero attached hydrogens (tertiary/aromatic N) is 1. The van der Waals surface area contributed by atoms with Crippen molar-refractivity contribution in [3.05, 3.63) is 70.3 Å². The maximum Gasteiger partial charge on any atom is 0.305 e. The molecule has 0 amide bonds. The Morgan fingerprint density at radius 3 is 2.48 bits per heavy atom. The van der Waals surface area contributed by atoms with Gasteiger partial charge in [0.05, 0.1) is 6.61 Å². The fourth-order valence-corrected chi connectivity index (χ4v) is 4.61. The van der Waals surface area contributed by atoms with Crippen molar-refractivity contribution in [3.8, 4) is 11.8 Å². The van der Waals surface area contributed by atoms with Crippen molar-refractivity contribution in [2.45, 2.75) is 64.3 Å². The Morgan fingerprint density at radius 2 is 1.81 bits per heavy atom. The third-order valence-electron chi connectivity index (χ3n) is 6.54. The molecule has 0 aromatic heterocycles. The van der Waals surface area contributed by atoms with E-state index in [0.717, 1.165) is 37.2 Å². The first-order valence-electron chi connectivity index (χ1n) is 11.6. The highest BCUT2D eigenvalue weighted by Gasteiger charge is 2.48. The SMILES string of the molecule is CCOC(=O)CCCN1Cc2ccc(C#Cc3ccc(C(C)C)cc3)cc2C2(CC2)C1. The van der Waals surface area contributed by atoms with E-state index in [9.17, 15) is 4.79 Å². The number of benzene rings is 2. The smallest absolute Gasteiger partial charge is 0.305 e. The van der Waals surface area contributed by atoms with E-state index in [1.165, 1.54) is 29.5 Å². The van der Waals surface area contributed by atoms with Crippen molar-refractivity contribution in [3.63, 3.8) is 0 Å². The van der Waals surface area contributed by atoms with Crippen LogP contribution >= 0.6 is 0 Å². The van der Waals surface area contributed by atoms with E-state index in [-0.39, 0.29) is 5.97 Å². The molecule has 0 atom stereocenters. The number of carbonyl (C=O) groups is 1. The fraction of sp³-hybridized carbons (Fsp3) is 0.464. The lowest BCUT2D eigenvalue weighted by Gasteiger charge is -2.35. The standard InChI is InChI=1S/C28H33NO2/c1-4-31-27(30)6-5-17-29-19-25-14-11-23(18-26(25)28(20-29)15-16-28)8-7-22-9-12-24(13-10-22)21(2)3/h9-14,18,21H,4-6,15-17,19-20H2,1-3H3. The van der Waals surface area contributed by atoms with Crippen molar-refractivity contribution >= 4 is 5.97 Å². The van der Waals surface area contributed by atoms with E-state index in [2.05, 4.69) is 73.1 Å². The highest BCUT2D eigenvalue weighted by Crippen LogP contribution is 2.52. The van der Waals surface area contributed by atoms with E-state index in [1.807, 2.05) is 6.92 Å². The number of hydrogen-bond acceptors (Lipinski definition) is 3. The molecule has 0 radical (unpaired) electrons. The minimum Gasteiger partial charge on any atom is -0.466 e. The van der Waals surface area contributed by atoms with Gasteiger partial charge < -0.3 is 4.74 Å². The predicted octanol–water partition coefficient (Wildman–Crippen LogP) is 5.40. The summed E-state index contributed by atoms with van der Waals surface area (Å²) >= 11 is 0. The average molecular weight is 416 g/mol. The molecule has 0 unspecified atom stereocenters. The molecule has 3 heteroatoms. The molecule has 3 nitrogen and oxygen atoms in total. The second-order valence-corrected chi connectivity index (χ2v) is 9.30. The number of hydrogen-bond donors (Lipinski definition) is 0. The van der Waals surface area contributed by atoms with Crippen molar-refractivity contribution in [1.82, 2.24) is 4.90 Å². The van der Waals surface area contributed by atoms with Gasteiger partial charge in [-0.3, -0.25) is 9.69 Å². The van der Waals surface area contributed by atoms with Crippen LogP contribution in [0.4, 0.5) is 0 Å². The largest absolute Gasteiger partial charge is 0.466 e. The molecule has 1 saturated carbocycles. The summed E-state index contributed by atoms with van der Waals surface area (Å²) in [6.45, 7) is 9.76. The van der Waals surface area contributed by atoms with Crippen molar-refractivity contribution < 1.29 is 9.53 Å². The van der Waals surface area contributed by atoms with Crippen LogP contribution in [0.1, 0.15) is 80.2 Å². The maximum atomic E-state index is 11.6. The van der Waals surface area contributed by atoms with Gasteiger partial charge in [-0.25, -0.2) is 0 Å². The molecule has 0 saturated heterocycles. The molecule has 31 heavy (non-hydrogen) atoms. The molecule has 1 spiro atoms. The second kappa shape index (κ2) is 9.28. The van der Waals surface area contributed by atoms with Crippen LogP contribution in [0.25, 0.3) is 0 Å². The van der Waals surface area contributed by atoms with Crippen LogP contribution in [0.2, 0.25) is 0 Å². The zero-order valence-corrected chi connectivity index (χ0v) is 19.0. The van der Waals surface area contributed by atoms with Gasteiger partial charge in [-0.05, 0) is 79.6 Å². The zero-order chi connectivity index (χ0) is 21.8. The normalized spacial score (nSPS) is 16.5. The lowest BCUT2D eigenvalue weighted by Crippen LogP contribution is -2.38. The zero-order valence-electron chi connectivity index (χ0n) is 19.0. The monoisotopic (exact) mass is 415 g/mol. The van der Waals surface area contributed by atoms with Crippen LogP contribution < -0.4 is 0 Å². The fourth-order valence-electron chi connectivity index (χ4n) is 4.61. The molecular formula is C28H33NO2. The summed E-state index contributed by atoms with van der Waals surface area (Å²) in [5.41, 5.74) is 6.74. The van der Waals surface area contributed by atoms with E-state index in [0.29, 0.717) is 24.4 Å². The van der Waals surface area contributed by atoms with Crippen molar-refractivity contribution in [1.29, 1.82) is 0 Å². The lowest BCUT2D eigenvalue weighted by molar-refractivity contribution is -0.143. The number of carbonyl (C=O) groups excluding carboxylic acids is 1. The van der Waals surface area contributed by atoms with Gasteiger partial charge in [0.1, 0.15) is 0 Å². The summed E-state index contributed by atoms with van der Waals surface area (Å²) in [5.74, 6) is 7.18. The molecule has 162 valence electrons. The highest BCUT2D eigenvalue weighted by atomic mass is 16.5. The molecule has 2 aromatic rings. The Labute approximate surface area is 186 Å². The molecular weight excluding hydrogens is 382 g/mol. The minimum absolute atomic E-state index is 0.0805. The Bertz CT molecular complexity index is 990. The van der Waals surface area contributed by atoms with Gasteiger partial charge in [-0.2, -0.15) is 0 Å². The molecule has 2 aliphatic rings.